The van der Waals surface area contributed by atoms with Crippen LogP contribution in [0.25, 0.3) is 0 Å². The zero-order valence-electron chi connectivity index (χ0n) is 97.2. The van der Waals surface area contributed by atoms with Gasteiger partial charge in [-0.15, -0.1) is 0 Å². The van der Waals surface area contributed by atoms with Crippen LogP contribution in [0.15, 0.2) is 257 Å². The molecule has 0 aliphatic carbocycles. The molecule has 25 rings (SSSR count). The maximum atomic E-state index is 14.9. The second-order valence-electron chi connectivity index (χ2n) is 31.5. The Balaban J connectivity index is 0.000000118. The van der Waals surface area contributed by atoms with Gasteiger partial charge in [0, 0.05) is 137 Å². The van der Waals surface area contributed by atoms with Crippen molar-refractivity contribution in [2.75, 3.05) is 59.3 Å². The molecule has 5 aromatic heterocycles. The van der Waals surface area contributed by atoms with E-state index in [1.807, 2.05) is 12.1 Å². The lowest BCUT2D eigenvalue weighted by molar-refractivity contribution is 0.0991. The quantitative estimate of drug-likeness (QED) is 0.0794. The lowest BCUT2D eigenvalue weighted by Gasteiger charge is -2.37. The molecule has 10 aromatic carbocycles. The fourth-order valence-electron chi connectivity index (χ4n) is 17.8. The van der Waals surface area contributed by atoms with Gasteiger partial charge >= 0.3 is 0 Å². The van der Waals surface area contributed by atoms with Crippen LogP contribution < -0.4 is 26.6 Å². The highest BCUT2D eigenvalue weighted by Gasteiger charge is 2.49. The number of ketones is 5. The molecule has 137 heavy (non-hydrogen) atoms. The van der Waals surface area contributed by atoms with Crippen LogP contribution >= 0.6 is 0 Å². The molecule has 37 heteroatoms. The largest absolute Gasteiger partial charge is 0.377 e. The molecule has 10 aliphatic rings. The predicted molar refractivity (Wildman–Crippen MR) is 493 cm³/mol. The zero-order chi connectivity index (χ0) is 118. The van der Waals surface area contributed by atoms with Gasteiger partial charge in [-0.05, 0) is 131 Å². The van der Waals surface area contributed by atoms with E-state index in [0.29, 0.717) is 93.9 Å². The molecule has 10 aliphatic heterocycles. The van der Waals surface area contributed by atoms with E-state index in [0.717, 1.165) is 46.0 Å². The number of hydrogen-bond donors (Lipinski definition) is 5. The van der Waals surface area contributed by atoms with E-state index in [1.165, 1.54) is 61.2 Å². The molecular weight excluding hydrogens is 1760 g/mol. The van der Waals surface area contributed by atoms with Crippen molar-refractivity contribution < 1.29 is 91.7 Å². The van der Waals surface area contributed by atoms with Gasteiger partial charge in [-0.25, -0.2) is 55.7 Å². The molecular formula is C100H78F7N25O5. The van der Waals surface area contributed by atoms with Gasteiger partial charge in [0.1, 0.15) is 134 Å². The first-order valence-electron chi connectivity index (χ1n) is 54.9. The Kier molecular flexibility index (Phi) is 15.7. The van der Waals surface area contributed by atoms with Gasteiger partial charge in [0.2, 0.25) is 0 Å². The van der Waals surface area contributed by atoms with Gasteiger partial charge in [0.25, 0.3) is 0 Å². The van der Waals surface area contributed by atoms with Gasteiger partial charge < -0.3 is 26.6 Å². The van der Waals surface area contributed by atoms with Crippen molar-refractivity contribution in [3.8, 4) is 0 Å². The molecule has 0 amide bonds. The van der Waals surface area contributed by atoms with Crippen LogP contribution in [0.4, 0.5) is 59.2 Å². The van der Waals surface area contributed by atoms with E-state index in [2.05, 4.69) is 102 Å². The van der Waals surface area contributed by atoms with Crippen LogP contribution in [0.2, 0.25) is 0 Å². The molecule has 10 atom stereocenters. The van der Waals surface area contributed by atoms with Crippen LogP contribution in [0.5, 0.6) is 0 Å². The molecule has 5 N–H and O–H groups in total. The highest BCUT2D eigenvalue weighted by atomic mass is 19.2. The summed E-state index contributed by atoms with van der Waals surface area (Å²) in [4.78, 5) is 105. The first kappa shape index (κ1) is 61.0. The highest BCUT2D eigenvalue weighted by Crippen LogP contribution is 2.52. The minimum Gasteiger partial charge on any atom is -0.377 e. The summed E-state index contributed by atoms with van der Waals surface area (Å²) in [6.45, 7) is -12.5. The third-order valence-corrected chi connectivity index (χ3v) is 23.7. The number of halogens is 7. The molecule has 30 nitrogen and oxygen atoms in total. The molecule has 0 bridgehead atoms. The number of hydrogen-bond acceptors (Lipinski definition) is 25. The maximum absolute atomic E-state index is 14.9. The normalized spacial score (nSPS) is 26.5. The summed E-state index contributed by atoms with van der Waals surface area (Å²) in [6.07, 6.45) is 5.38. The second kappa shape index (κ2) is 35.3. The fraction of sp³-hybridized carbons (Fsp3) is 0.200. The number of anilines is 5. The third-order valence-electron chi connectivity index (χ3n) is 23.7. The monoisotopic (exact) mass is 1870 g/mol. The van der Waals surface area contributed by atoms with Crippen molar-refractivity contribution in [1.82, 2.24) is 73.8 Å². The predicted octanol–water partition coefficient (Wildman–Crippen LogP) is 14.7. The maximum Gasteiger partial charge on any atom is 0.185 e. The zero-order valence-corrected chi connectivity index (χ0v) is 70.2. The van der Waals surface area contributed by atoms with Crippen molar-refractivity contribution in [1.29, 1.82) is 0 Å². The van der Waals surface area contributed by atoms with Crippen LogP contribution in [-0.4, -0.2) is 164 Å². The van der Waals surface area contributed by atoms with Crippen LogP contribution in [-0.2, 0) is 35.0 Å². The number of nitrogens with one attached hydrogen (secondary N) is 5. The van der Waals surface area contributed by atoms with Crippen molar-refractivity contribution >= 4 is 85.9 Å². The number of nitrogens with zero attached hydrogens (tertiary/aromatic N) is 20. The summed E-state index contributed by atoms with van der Waals surface area (Å²) < 4.78 is 326. The smallest absolute Gasteiger partial charge is 0.185 e. The summed E-state index contributed by atoms with van der Waals surface area (Å²) in [5, 5.41) is 34.1. The van der Waals surface area contributed by atoms with Gasteiger partial charge in [-0.3, -0.25) is 72.3 Å². The molecule has 0 spiro atoms. The molecule has 15 aromatic rings. The fourth-order valence-corrected chi connectivity index (χ4v) is 17.8. The Bertz CT molecular complexity index is 9050. The number of benzene rings is 10. The Hall–Kier alpha value is -16.9. The third kappa shape index (κ3) is 15.7. The van der Waals surface area contributed by atoms with E-state index in [-0.39, 0.29) is 88.4 Å². The number of carbonyl (C=O) groups is 5. The van der Waals surface area contributed by atoms with Gasteiger partial charge in [0.15, 0.2) is 28.9 Å². The summed E-state index contributed by atoms with van der Waals surface area (Å²) in [6, 6.07) is 15.2. The lowest BCUT2D eigenvalue weighted by atomic mass is 9.78. The average molecular weight is 1870 g/mol. The Labute approximate surface area is 812 Å². The number of rotatable bonds is 10. The van der Waals surface area contributed by atoms with E-state index in [4.69, 9.17) is 30.2 Å². The topological polar surface area (TPSA) is 361 Å². The number of carbonyl (C=O) groups excluding carboxylic acids is 5. The number of aryl methyl sites for hydroxylation is 5. The Morgan fingerprint density at radius 2 is 0.642 bits per heavy atom. The molecule has 682 valence electrons. The van der Waals surface area contributed by atoms with Gasteiger partial charge in [-0.1, -0.05) is 97.0 Å². The number of aromatic nitrogens is 15. The van der Waals surface area contributed by atoms with Crippen LogP contribution in [0.1, 0.15) is 233 Å². The van der Waals surface area contributed by atoms with E-state index >= 15 is 0 Å². The van der Waals surface area contributed by atoms with E-state index in [9.17, 15) is 61.6 Å². The number of aliphatic imine (C=N–C) groups is 5. The molecule has 0 saturated heterocycles. The van der Waals surface area contributed by atoms with Crippen molar-refractivity contribution in [3.63, 3.8) is 0 Å². The first-order chi connectivity index (χ1) is 77.3. The van der Waals surface area contributed by atoms with Gasteiger partial charge in [0.05, 0.1) is 107 Å². The van der Waals surface area contributed by atoms with Crippen molar-refractivity contribution in [2.45, 2.75) is 59.7 Å². The van der Waals surface area contributed by atoms with E-state index < -0.39 is 241 Å². The highest BCUT2D eigenvalue weighted by molar-refractivity contribution is 6.25. The van der Waals surface area contributed by atoms with Crippen LogP contribution in [0, 0.1) is 40.7 Å². The van der Waals surface area contributed by atoms with Crippen LogP contribution in [0.3, 0.4) is 0 Å². The SMILES string of the molecule is [2H]C([2H])([2H])n1ncnc1[C@@H]1C2=NCC(=O)c3cccc(c32)N[C@@]1([2H])c1ccc(F)cc1.[2H]C([2H])([2H])n1ncnc1[C@@H]1C2=NCC(=O)c3cccc(c32)N[C@H]1c1ccc(F)cc1.[2H][C@@]1(c2ccc(F)cc2)Nc2cccc3c2C(=NCC3=O)[C@H]1c1ncnn1C.[2H]c1c([2H])c([C@]2([2H])Nc3c([2H])c(F)c([2H])c4c3C(=NCC4=O)[C@H]2c2ncnn2C([2H])([2H])[2H])c([2H])c([2H])c1F.[2H]c1c([2H])c([C@]2([2H])Nc3cc(F)cc4c3C(=NCC4=O)[C@@]2([2H])c2ncnn2C([2H])([2H])[2H])c([2H])c([2H])c1F. The average Bonchev–Trinajstić information content (AvgIpc) is 1.00. The summed E-state index contributed by atoms with van der Waals surface area (Å²) >= 11 is 0. The van der Waals surface area contributed by atoms with Crippen molar-refractivity contribution in [2.24, 2.45) is 59.9 Å². The summed E-state index contributed by atoms with van der Waals surface area (Å²) in [5.74, 6) is -15.6. The van der Waals surface area contributed by atoms with Crippen molar-refractivity contribution in [3.05, 3.63) is 385 Å². The van der Waals surface area contributed by atoms with Gasteiger partial charge in [-0.2, -0.15) is 25.5 Å². The Morgan fingerprint density at radius 3 is 1.09 bits per heavy atom. The summed E-state index contributed by atoms with van der Waals surface area (Å²) in [5.41, 5.74) is 4.43. The van der Waals surface area contributed by atoms with E-state index in [1.54, 1.807) is 78.5 Å². The molecule has 0 unspecified atom stereocenters. The molecule has 0 radical (unpaired) electrons. The minimum absolute atomic E-state index is 0.000349. The molecule has 0 fully saturated rings. The number of Topliss-reactive ketones (excluding diaryl/α,β-unsaturated/α-hetero) is 5. The first-order valence-corrected chi connectivity index (χ1v) is 41.4. The second-order valence-corrected chi connectivity index (χ2v) is 31.5. The Morgan fingerprint density at radius 1 is 0.307 bits per heavy atom. The lowest BCUT2D eigenvalue weighted by Crippen LogP contribution is -2.37. The molecule has 0 saturated carbocycles. The summed E-state index contributed by atoms with van der Waals surface area (Å²) in [7, 11) is 1.75. The molecule has 15 heterocycles. The minimum atomic E-state index is -3.03. The standard InChI is InChI=1S/2C20H15F2N5O.3C20H16FN5O/c2*1-27-20(24-9-25-27)17-18(10-2-4-11(21)5-3-10)26-14-7-12(22)6-13-15(28)8-23-19(17)16(13)14;3*1-26-20(23-10-24-26)17-18(11-5-7-12(21)8-6-11)25-14-4-2-3-13-15(27)9-22-19(17)16(13)14/h2*2-7,9,17-18,26H,8H2,1H3;3*2-8,10,17-18,25H,9H2,1H3/t5*17-,18-/m00000/s1/i1D3,2D,3D,4D,5D,6D,7D,18D;1D3,2D,3D,4D,5D,17D,18D;1D3,18D;18D;1D3.